The van der Waals surface area contributed by atoms with Gasteiger partial charge < -0.3 is 19.8 Å². The summed E-state index contributed by atoms with van der Waals surface area (Å²) in [6, 6.07) is 5.97. The first-order valence-electron chi connectivity index (χ1n) is 5.86. The lowest BCUT2D eigenvalue weighted by Gasteiger charge is -2.03. The summed E-state index contributed by atoms with van der Waals surface area (Å²) >= 11 is 0. The highest BCUT2D eigenvalue weighted by atomic mass is 16.7. The van der Waals surface area contributed by atoms with Crippen molar-refractivity contribution in [3.63, 3.8) is 0 Å². The molecule has 0 saturated carbocycles. The number of fused-ring (bicyclic) bond motifs is 1. The molecule has 2 heterocycles. The molecule has 0 bridgehead atoms. The molecule has 94 valence electrons. The maximum Gasteiger partial charge on any atom is 0.231 e. The summed E-state index contributed by atoms with van der Waals surface area (Å²) in [6.07, 6.45) is 2.72. The summed E-state index contributed by atoms with van der Waals surface area (Å²) in [5, 5.41) is 0. The predicted octanol–water partition coefficient (Wildman–Crippen LogP) is 1.20. The summed E-state index contributed by atoms with van der Waals surface area (Å²) in [5.74, 6) is 2.61. The number of hydrogen-bond acceptors (Lipinski definition) is 4. The number of benzene rings is 1. The van der Waals surface area contributed by atoms with Crippen molar-refractivity contribution in [3.05, 3.63) is 41.5 Å². The number of imidazole rings is 1. The van der Waals surface area contributed by atoms with Crippen LogP contribution in [0.4, 0.5) is 0 Å². The number of nitrogens with zero attached hydrogens (tertiary/aromatic N) is 2. The molecule has 2 N–H and O–H groups in total. The van der Waals surface area contributed by atoms with Crippen molar-refractivity contribution in [2.45, 2.75) is 13.0 Å². The molecule has 0 fully saturated rings. The Kier molecular flexibility index (Phi) is 2.68. The summed E-state index contributed by atoms with van der Waals surface area (Å²) in [6.45, 7) is 0.771. The Balaban J connectivity index is 1.85. The second kappa shape index (κ2) is 4.34. The Hall–Kier alpha value is -2.01. The van der Waals surface area contributed by atoms with Crippen LogP contribution in [0.2, 0.25) is 0 Å². The summed E-state index contributed by atoms with van der Waals surface area (Å²) in [7, 11) is 1.98. The zero-order chi connectivity index (χ0) is 12.5. The van der Waals surface area contributed by atoms with Crippen molar-refractivity contribution in [2.75, 3.05) is 6.79 Å². The second-order valence-corrected chi connectivity index (χ2v) is 4.33. The number of ether oxygens (including phenoxy) is 2. The molecule has 5 heteroatoms. The molecule has 0 amide bonds. The lowest BCUT2D eigenvalue weighted by Crippen LogP contribution is -1.99. The third-order valence-electron chi connectivity index (χ3n) is 3.03. The van der Waals surface area contributed by atoms with E-state index in [1.807, 2.05) is 36.0 Å². The summed E-state index contributed by atoms with van der Waals surface area (Å²) < 4.78 is 12.7. The number of hydrogen-bond donors (Lipinski definition) is 1. The number of rotatable bonds is 3. The fraction of sp³-hybridized carbons (Fsp3) is 0.308. The third kappa shape index (κ3) is 1.93. The Bertz CT molecular complexity index is 578. The molecule has 5 nitrogen and oxygen atoms in total. The third-order valence-corrected chi connectivity index (χ3v) is 3.03. The van der Waals surface area contributed by atoms with Gasteiger partial charge in [0.2, 0.25) is 6.79 Å². The van der Waals surface area contributed by atoms with E-state index in [0.717, 1.165) is 35.0 Å². The van der Waals surface area contributed by atoms with Crippen LogP contribution in [0.5, 0.6) is 11.5 Å². The SMILES string of the molecule is Cn1cc(CN)nc1Cc1ccc2c(c1)OCO2. The molecule has 1 aliphatic rings. The minimum Gasteiger partial charge on any atom is -0.454 e. The number of aromatic nitrogens is 2. The van der Waals surface area contributed by atoms with E-state index in [0.29, 0.717) is 13.3 Å². The van der Waals surface area contributed by atoms with Crippen LogP contribution >= 0.6 is 0 Å². The minimum absolute atomic E-state index is 0.304. The molecule has 1 aromatic heterocycles. The standard InChI is InChI=1S/C13H15N3O2/c1-16-7-10(6-14)15-13(16)5-9-2-3-11-12(4-9)18-8-17-11/h2-4,7H,5-6,8,14H2,1H3. The van der Waals surface area contributed by atoms with Gasteiger partial charge in [-0.15, -0.1) is 0 Å². The molecule has 0 saturated heterocycles. The summed E-state index contributed by atoms with van der Waals surface area (Å²) in [4.78, 5) is 4.48. The first-order valence-corrected chi connectivity index (χ1v) is 5.86. The fourth-order valence-corrected chi connectivity index (χ4v) is 2.07. The molecule has 18 heavy (non-hydrogen) atoms. The molecule has 2 aromatic rings. The molecule has 1 aromatic carbocycles. The quantitative estimate of drug-likeness (QED) is 0.882. The molecule has 0 spiro atoms. The Morgan fingerprint density at radius 3 is 2.94 bits per heavy atom. The van der Waals surface area contributed by atoms with Gasteiger partial charge in [-0.3, -0.25) is 0 Å². The average molecular weight is 245 g/mol. The van der Waals surface area contributed by atoms with Crippen molar-refractivity contribution in [1.29, 1.82) is 0 Å². The molecule has 3 rings (SSSR count). The Labute approximate surface area is 105 Å². The zero-order valence-electron chi connectivity index (χ0n) is 10.2. The van der Waals surface area contributed by atoms with E-state index in [1.165, 1.54) is 0 Å². The smallest absolute Gasteiger partial charge is 0.231 e. The van der Waals surface area contributed by atoms with Crippen molar-refractivity contribution in [2.24, 2.45) is 12.8 Å². The molecular weight excluding hydrogens is 230 g/mol. The normalized spacial score (nSPS) is 13.0. The van der Waals surface area contributed by atoms with E-state index in [2.05, 4.69) is 4.98 Å². The van der Waals surface area contributed by atoms with E-state index in [9.17, 15) is 0 Å². The highest BCUT2D eigenvalue weighted by Crippen LogP contribution is 2.32. The van der Waals surface area contributed by atoms with E-state index in [-0.39, 0.29) is 0 Å². The van der Waals surface area contributed by atoms with Gasteiger partial charge in [-0.2, -0.15) is 0 Å². The van der Waals surface area contributed by atoms with Gasteiger partial charge in [-0.25, -0.2) is 4.98 Å². The Morgan fingerprint density at radius 2 is 2.17 bits per heavy atom. The van der Waals surface area contributed by atoms with Gasteiger partial charge in [0.1, 0.15) is 5.82 Å². The van der Waals surface area contributed by atoms with Crippen LogP contribution in [0.25, 0.3) is 0 Å². The molecule has 0 radical (unpaired) electrons. The monoisotopic (exact) mass is 245 g/mol. The second-order valence-electron chi connectivity index (χ2n) is 4.33. The highest BCUT2D eigenvalue weighted by molar-refractivity contribution is 5.45. The average Bonchev–Trinajstić information content (AvgIpc) is 2.96. The van der Waals surface area contributed by atoms with Crippen molar-refractivity contribution in [3.8, 4) is 11.5 Å². The van der Waals surface area contributed by atoms with E-state index in [1.54, 1.807) is 0 Å². The highest BCUT2D eigenvalue weighted by Gasteiger charge is 2.14. The fourth-order valence-electron chi connectivity index (χ4n) is 2.07. The van der Waals surface area contributed by atoms with Gasteiger partial charge in [-0.1, -0.05) is 6.07 Å². The molecule has 0 aliphatic carbocycles. The van der Waals surface area contributed by atoms with Crippen LogP contribution in [0, 0.1) is 0 Å². The maximum atomic E-state index is 5.59. The number of nitrogens with two attached hydrogens (primary N) is 1. The first-order chi connectivity index (χ1) is 8.76. The van der Waals surface area contributed by atoms with Gasteiger partial charge in [-0.05, 0) is 17.7 Å². The lowest BCUT2D eigenvalue weighted by molar-refractivity contribution is 0.174. The van der Waals surface area contributed by atoms with Crippen LogP contribution < -0.4 is 15.2 Å². The van der Waals surface area contributed by atoms with Crippen LogP contribution in [-0.4, -0.2) is 16.3 Å². The van der Waals surface area contributed by atoms with Crippen molar-refractivity contribution >= 4 is 0 Å². The summed E-state index contributed by atoms with van der Waals surface area (Å²) in [5.41, 5.74) is 7.65. The van der Waals surface area contributed by atoms with Crippen LogP contribution in [0.1, 0.15) is 17.1 Å². The van der Waals surface area contributed by atoms with Crippen molar-refractivity contribution < 1.29 is 9.47 Å². The zero-order valence-corrected chi connectivity index (χ0v) is 10.2. The van der Waals surface area contributed by atoms with Crippen LogP contribution in [0.15, 0.2) is 24.4 Å². The van der Waals surface area contributed by atoms with Gasteiger partial charge >= 0.3 is 0 Å². The maximum absolute atomic E-state index is 5.59. The molecular formula is C13H15N3O2. The van der Waals surface area contributed by atoms with Gasteiger partial charge in [0.15, 0.2) is 11.5 Å². The van der Waals surface area contributed by atoms with E-state index < -0.39 is 0 Å². The topological polar surface area (TPSA) is 62.3 Å². The number of aryl methyl sites for hydroxylation is 1. The van der Waals surface area contributed by atoms with E-state index in [4.69, 9.17) is 15.2 Å². The van der Waals surface area contributed by atoms with Crippen LogP contribution in [-0.2, 0) is 20.0 Å². The predicted molar refractivity (Wildman–Crippen MR) is 66.5 cm³/mol. The molecule has 0 atom stereocenters. The largest absolute Gasteiger partial charge is 0.454 e. The van der Waals surface area contributed by atoms with Crippen LogP contribution in [0.3, 0.4) is 0 Å². The van der Waals surface area contributed by atoms with Gasteiger partial charge in [0.05, 0.1) is 5.69 Å². The van der Waals surface area contributed by atoms with Gasteiger partial charge in [0, 0.05) is 26.2 Å². The van der Waals surface area contributed by atoms with Crippen molar-refractivity contribution in [1.82, 2.24) is 9.55 Å². The first kappa shape index (κ1) is 11.1. The Morgan fingerprint density at radius 1 is 1.33 bits per heavy atom. The minimum atomic E-state index is 0.304. The molecule has 1 aliphatic heterocycles. The lowest BCUT2D eigenvalue weighted by atomic mass is 10.1. The molecule has 0 unspecified atom stereocenters. The van der Waals surface area contributed by atoms with Gasteiger partial charge in [0.25, 0.3) is 0 Å². The van der Waals surface area contributed by atoms with E-state index >= 15 is 0 Å².